The van der Waals surface area contributed by atoms with Crippen LogP contribution in [-0.2, 0) is 52.0 Å². The van der Waals surface area contributed by atoms with E-state index in [0.717, 1.165) is 24.3 Å². The van der Waals surface area contributed by atoms with E-state index in [1.807, 2.05) is 0 Å². The molecule has 1 fully saturated rings. The first kappa shape index (κ1) is 33.9. The Morgan fingerprint density at radius 1 is 0.714 bits per heavy atom. The van der Waals surface area contributed by atoms with E-state index in [1.54, 1.807) is 16.1 Å². The lowest BCUT2D eigenvalue weighted by molar-refractivity contribution is -0.163. The minimum absolute atomic E-state index is 0.0250. The normalized spacial score (nSPS) is 14.2. The predicted molar refractivity (Wildman–Crippen MR) is 176 cm³/mol. The van der Waals surface area contributed by atoms with Crippen molar-refractivity contribution < 1.29 is 45.2 Å². The van der Waals surface area contributed by atoms with Crippen LogP contribution in [0.4, 0.5) is 0 Å². The summed E-state index contributed by atoms with van der Waals surface area (Å²) in [7, 11) is -9.35. The Morgan fingerprint density at radius 2 is 1.22 bits per heavy atom. The highest BCUT2D eigenvalue weighted by Crippen LogP contribution is 2.29. The maximum Gasteiger partial charge on any atom is 0.318 e. The topological polar surface area (TPSA) is 216 Å². The molecule has 1 saturated heterocycles. The van der Waals surface area contributed by atoms with Gasteiger partial charge in [-0.15, -0.1) is 9.35 Å². The summed E-state index contributed by atoms with van der Waals surface area (Å²) in [4.78, 5) is 62.2. The number of carboxylic acid groups (broad SMARTS) is 1. The maximum atomic E-state index is 14.2. The van der Waals surface area contributed by atoms with Gasteiger partial charge in [0.15, 0.2) is 10.9 Å². The van der Waals surface area contributed by atoms with E-state index in [0.29, 0.717) is 42.4 Å². The van der Waals surface area contributed by atoms with Crippen LogP contribution >= 0.6 is 0 Å². The molecule has 0 atom stereocenters. The number of fused-ring (bicyclic) bond motifs is 4. The number of hydrogen-bond donors (Lipinski definition) is 2. The Bertz CT molecular complexity index is 2590. The lowest BCUT2D eigenvalue weighted by atomic mass is 10.0. The molecule has 1 aliphatic rings. The second-order valence-electron chi connectivity index (χ2n) is 11.6. The van der Waals surface area contributed by atoms with Crippen LogP contribution in [0.3, 0.4) is 0 Å². The minimum Gasteiger partial charge on any atom is -0.481 e. The van der Waals surface area contributed by atoms with Crippen LogP contribution in [0.15, 0.2) is 67.9 Å². The van der Waals surface area contributed by atoms with Gasteiger partial charge in [0.2, 0.25) is 0 Å². The number of hydrogen-bond acceptors (Lipinski definition) is 10. The molecule has 2 N–H and O–H groups in total. The van der Waals surface area contributed by atoms with Crippen LogP contribution in [0.25, 0.3) is 43.6 Å². The summed E-state index contributed by atoms with van der Waals surface area (Å²) >= 11 is 0. The number of amides is 2. The molecule has 0 bridgehead atoms. The first-order valence-electron chi connectivity index (χ1n) is 15.2. The van der Waals surface area contributed by atoms with Crippen molar-refractivity contribution in [3.8, 4) is 0 Å². The van der Waals surface area contributed by atoms with E-state index in [9.17, 15) is 45.4 Å². The smallest absolute Gasteiger partial charge is 0.318 e. The van der Waals surface area contributed by atoms with Gasteiger partial charge in [-0.1, -0.05) is 6.42 Å². The molecular formula is C32H29N3O12S2. The van der Waals surface area contributed by atoms with Crippen molar-refractivity contribution in [2.45, 2.75) is 68.3 Å². The number of rotatable bonds is 11. The Kier molecular flexibility index (Phi) is 8.64. The van der Waals surface area contributed by atoms with Gasteiger partial charge < -0.3 is 14.2 Å². The third-order valence-corrected chi connectivity index (χ3v) is 10.6. The summed E-state index contributed by atoms with van der Waals surface area (Å²) < 4.78 is 68.0. The second kappa shape index (κ2) is 12.5. The molecule has 0 unspecified atom stereocenters. The van der Waals surface area contributed by atoms with Gasteiger partial charge in [-0.2, -0.15) is 16.8 Å². The fourth-order valence-corrected chi connectivity index (χ4v) is 7.65. The van der Waals surface area contributed by atoms with Crippen LogP contribution < -0.4 is 10.9 Å². The summed E-state index contributed by atoms with van der Waals surface area (Å²) in [6, 6.07) is 10.3. The highest BCUT2D eigenvalue weighted by molar-refractivity contribution is 7.86. The number of imide groups is 1. The van der Waals surface area contributed by atoms with Crippen molar-refractivity contribution in [2.75, 3.05) is 0 Å². The monoisotopic (exact) mass is 711 g/mol. The first-order valence-corrected chi connectivity index (χ1v) is 18.1. The average Bonchev–Trinajstić information content (AvgIpc) is 3.36. The number of unbranched alkanes of at least 4 members (excludes halogenated alkanes) is 2. The van der Waals surface area contributed by atoms with Crippen molar-refractivity contribution >= 4 is 81.6 Å². The maximum absolute atomic E-state index is 14.2. The average molecular weight is 712 g/mol. The van der Waals surface area contributed by atoms with Gasteiger partial charge in [0, 0.05) is 53.9 Å². The van der Waals surface area contributed by atoms with Crippen LogP contribution in [-0.4, -0.2) is 58.5 Å². The van der Waals surface area contributed by atoms with E-state index in [4.69, 9.17) is 9.39 Å². The van der Waals surface area contributed by atoms with Gasteiger partial charge >= 0.3 is 16.1 Å². The molecule has 49 heavy (non-hydrogen) atoms. The molecule has 15 nitrogen and oxygen atoms in total. The highest BCUT2D eigenvalue weighted by atomic mass is 32.2. The molecule has 2 amide bonds. The largest absolute Gasteiger partial charge is 0.481 e. The fraction of sp³-hybridized carbons (Fsp3) is 0.281. The number of aromatic nitrogens is 2. The third-order valence-electron chi connectivity index (χ3n) is 8.55. The third kappa shape index (κ3) is 6.09. The molecule has 0 saturated carbocycles. The lowest BCUT2D eigenvalue weighted by Gasteiger charge is -2.19. The molecule has 3 aromatic carbocycles. The van der Waals surface area contributed by atoms with Crippen molar-refractivity contribution in [3.63, 3.8) is 0 Å². The van der Waals surface area contributed by atoms with Gasteiger partial charge in [-0.25, -0.2) is 0 Å². The van der Waals surface area contributed by atoms with E-state index >= 15 is 0 Å². The molecule has 2 aromatic heterocycles. The Morgan fingerprint density at radius 3 is 1.78 bits per heavy atom. The molecule has 17 heteroatoms. The second-order valence-corrected chi connectivity index (χ2v) is 14.5. The number of carboxylic acids is 1. The minimum atomic E-state index is -4.73. The molecule has 256 valence electrons. The molecular weight excluding hydrogens is 682 g/mol. The number of hydroxylamine groups is 2. The zero-order chi connectivity index (χ0) is 35.4. The molecule has 3 heterocycles. The number of aliphatic carboxylic acids is 1. The zero-order valence-corrected chi connectivity index (χ0v) is 27.5. The van der Waals surface area contributed by atoms with Crippen LogP contribution in [0, 0.1) is 0 Å². The summed E-state index contributed by atoms with van der Waals surface area (Å²) in [5, 5.41) is 9.50. The number of benzene rings is 3. The Balaban J connectivity index is 1.61. The SMILES string of the molecule is CCn1c2ccc(S(=O)(=O)O)cc2c(=O)c2cc3c(cc21)c(=O)c1cc(S(=O)(=O)ON2C(=O)CCC2=O)ccc1n3CCCCCC(=O)O. The lowest BCUT2D eigenvalue weighted by Crippen LogP contribution is -2.32. The molecule has 6 rings (SSSR count). The summed E-state index contributed by atoms with van der Waals surface area (Å²) in [6.45, 7) is 2.32. The highest BCUT2D eigenvalue weighted by Gasteiger charge is 2.35. The van der Waals surface area contributed by atoms with E-state index in [1.165, 1.54) is 24.3 Å². The van der Waals surface area contributed by atoms with Crippen LogP contribution in [0.5, 0.6) is 0 Å². The zero-order valence-electron chi connectivity index (χ0n) is 25.9. The summed E-state index contributed by atoms with van der Waals surface area (Å²) in [6.07, 6.45) is 0.875. The number of carbonyl (C=O) groups is 3. The van der Waals surface area contributed by atoms with Crippen molar-refractivity contribution in [1.82, 2.24) is 14.2 Å². The quantitative estimate of drug-likeness (QED) is 0.0873. The van der Waals surface area contributed by atoms with Crippen molar-refractivity contribution in [3.05, 3.63) is 69.0 Å². The van der Waals surface area contributed by atoms with Gasteiger partial charge in [-0.05, 0) is 68.3 Å². The van der Waals surface area contributed by atoms with Crippen molar-refractivity contribution in [1.29, 1.82) is 0 Å². The molecule has 1 aliphatic heterocycles. The fourth-order valence-electron chi connectivity index (χ4n) is 6.20. The predicted octanol–water partition coefficient (Wildman–Crippen LogP) is 3.30. The van der Waals surface area contributed by atoms with E-state index < -0.39 is 58.7 Å². The van der Waals surface area contributed by atoms with E-state index in [2.05, 4.69) is 0 Å². The number of aryl methyl sites for hydroxylation is 2. The van der Waals surface area contributed by atoms with Gasteiger partial charge in [0.1, 0.15) is 0 Å². The standard InChI is InChI=1S/C32H29N3O12S2/c1-2-33-24-9-7-18(48(42,43)44)14-20(24)31(40)22-17-27-23(16-26(22)33)32(41)21-15-19(49(45,46)47-35-28(36)11-12-29(35)37)8-10-25(21)34(27)13-5-3-4-6-30(38)39/h7-10,14-17H,2-6,11-13H2,1H3,(H,38,39)(H,42,43,44). The van der Waals surface area contributed by atoms with Crippen LogP contribution in [0.2, 0.25) is 0 Å². The Labute approximate surface area is 277 Å². The van der Waals surface area contributed by atoms with Gasteiger partial charge in [0.05, 0.1) is 31.9 Å². The number of pyridine rings is 2. The first-order chi connectivity index (χ1) is 23.1. The van der Waals surface area contributed by atoms with Gasteiger partial charge in [0.25, 0.3) is 21.9 Å². The molecule has 0 radical (unpaired) electrons. The Hall–Kier alpha value is -4.97. The summed E-state index contributed by atoms with van der Waals surface area (Å²) in [5.41, 5.74) is 0.155. The number of nitrogens with zero attached hydrogens (tertiary/aromatic N) is 3. The molecule has 0 spiro atoms. The van der Waals surface area contributed by atoms with Gasteiger partial charge in [-0.3, -0.25) is 28.5 Å². The molecule has 0 aliphatic carbocycles. The van der Waals surface area contributed by atoms with E-state index in [-0.39, 0.29) is 57.9 Å². The molecule has 5 aromatic rings. The van der Waals surface area contributed by atoms with Crippen molar-refractivity contribution in [2.24, 2.45) is 0 Å². The number of carbonyl (C=O) groups excluding carboxylic acids is 2. The van der Waals surface area contributed by atoms with Crippen LogP contribution in [0.1, 0.15) is 45.4 Å². The summed E-state index contributed by atoms with van der Waals surface area (Å²) in [5.74, 6) is -2.59.